The number of piperidine rings is 1. The normalized spacial score (nSPS) is 18.5. The molecule has 2 amide bonds. The van der Waals surface area contributed by atoms with Crippen LogP contribution in [0, 0.1) is 17.7 Å². The van der Waals surface area contributed by atoms with E-state index < -0.39 is 0 Å². The van der Waals surface area contributed by atoms with E-state index >= 15 is 0 Å². The molecule has 0 aliphatic carbocycles. The van der Waals surface area contributed by atoms with Gasteiger partial charge < -0.3 is 10.2 Å². The van der Waals surface area contributed by atoms with Gasteiger partial charge in [-0.05, 0) is 58.9 Å². The Kier molecular flexibility index (Phi) is 6.84. The van der Waals surface area contributed by atoms with Crippen LogP contribution < -0.4 is 5.32 Å². The van der Waals surface area contributed by atoms with Gasteiger partial charge in [0.05, 0.1) is 0 Å². The number of fused-ring (bicyclic) bond motifs is 1. The number of nitrogens with zero attached hydrogens (tertiary/aromatic N) is 1. The van der Waals surface area contributed by atoms with Crippen molar-refractivity contribution in [3.05, 3.63) is 83.7 Å². The number of halogens is 1. The molecule has 1 N–H and O–H groups in total. The molecule has 2 unspecified atom stereocenters. The van der Waals surface area contributed by atoms with Crippen molar-refractivity contribution >= 4 is 22.6 Å². The molecule has 0 aromatic heterocycles. The summed E-state index contributed by atoms with van der Waals surface area (Å²) in [5.41, 5.74) is 1.62. The third kappa shape index (κ3) is 4.98. The summed E-state index contributed by atoms with van der Waals surface area (Å²) in [5.74, 6) is 0.171. The molecule has 4 nitrogen and oxygen atoms in total. The Morgan fingerprint density at radius 2 is 1.75 bits per heavy atom. The molecule has 32 heavy (non-hydrogen) atoms. The molecule has 2 atom stereocenters. The summed E-state index contributed by atoms with van der Waals surface area (Å²) in [6, 6.07) is 20.0. The van der Waals surface area contributed by atoms with Gasteiger partial charge in [0.1, 0.15) is 5.82 Å². The quantitative estimate of drug-likeness (QED) is 0.584. The highest BCUT2D eigenvalue weighted by molar-refractivity contribution is 5.94. The lowest BCUT2D eigenvalue weighted by Gasteiger charge is -2.38. The van der Waals surface area contributed by atoms with E-state index in [-0.39, 0.29) is 29.5 Å². The van der Waals surface area contributed by atoms with Crippen LogP contribution in [0.2, 0.25) is 0 Å². The lowest BCUT2D eigenvalue weighted by molar-refractivity contribution is -0.123. The summed E-state index contributed by atoms with van der Waals surface area (Å²) in [4.78, 5) is 27.4. The van der Waals surface area contributed by atoms with Gasteiger partial charge in [0.15, 0.2) is 0 Å². The van der Waals surface area contributed by atoms with E-state index in [1.54, 1.807) is 0 Å². The molecule has 1 fully saturated rings. The zero-order chi connectivity index (χ0) is 22.5. The number of rotatable bonds is 6. The number of benzene rings is 3. The summed E-state index contributed by atoms with van der Waals surface area (Å²) < 4.78 is 13.2. The first-order valence-electron chi connectivity index (χ1n) is 11.3. The second-order valence-corrected chi connectivity index (χ2v) is 8.59. The first-order valence-corrected chi connectivity index (χ1v) is 11.3. The average molecular weight is 433 g/mol. The molecule has 3 aromatic carbocycles. The number of carbonyl (C=O) groups excluding carboxylic acids is 2. The summed E-state index contributed by atoms with van der Waals surface area (Å²) in [5, 5.41) is 5.42. The van der Waals surface area contributed by atoms with Crippen molar-refractivity contribution in [3.8, 4) is 0 Å². The molecule has 1 heterocycles. The van der Waals surface area contributed by atoms with Crippen LogP contribution in [0.25, 0.3) is 10.8 Å². The third-order valence-electron chi connectivity index (χ3n) is 6.60. The fourth-order valence-corrected chi connectivity index (χ4v) is 4.72. The molecule has 1 aliphatic heterocycles. The van der Waals surface area contributed by atoms with E-state index in [2.05, 4.69) is 36.5 Å². The van der Waals surface area contributed by atoms with Gasteiger partial charge in [0, 0.05) is 31.6 Å². The maximum absolute atomic E-state index is 13.2. The van der Waals surface area contributed by atoms with Crippen LogP contribution in [0.5, 0.6) is 0 Å². The number of hydrogen-bond acceptors (Lipinski definition) is 2. The van der Waals surface area contributed by atoms with Gasteiger partial charge >= 0.3 is 0 Å². The number of hydrogen-bond donors (Lipinski definition) is 1. The number of carbonyl (C=O) groups is 2. The van der Waals surface area contributed by atoms with Crippen molar-refractivity contribution in [1.29, 1.82) is 0 Å². The van der Waals surface area contributed by atoms with Crippen LogP contribution in [0.1, 0.15) is 42.1 Å². The SMILES string of the molecule is CCC1CN(C(=O)c2ccc(F)cc2)CCC1CC(=O)NCc1cccc2ccccc12. The largest absolute Gasteiger partial charge is 0.352 e. The summed E-state index contributed by atoms with van der Waals surface area (Å²) >= 11 is 0. The average Bonchev–Trinajstić information content (AvgIpc) is 2.83. The van der Waals surface area contributed by atoms with Crippen LogP contribution in [0.4, 0.5) is 4.39 Å². The van der Waals surface area contributed by atoms with Crippen LogP contribution >= 0.6 is 0 Å². The predicted octanol–water partition coefficient (Wildman–Crippen LogP) is 5.17. The van der Waals surface area contributed by atoms with Crippen molar-refractivity contribution in [2.45, 2.75) is 32.7 Å². The molecule has 0 bridgehead atoms. The fraction of sp³-hybridized carbons (Fsp3) is 0.333. The Labute approximate surface area is 188 Å². The zero-order valence-electron chi connectivity index (χ0n) is 18.4. The molecule has 1 saturated heterocycles. The van der Waals surface area contributed by atoms with Gasteiger partial charge in [-0.3, -0.25) is 9.59 Å². The minimum atomic E-state index is -0.346. The highest BCUT2D eigenvalue weighted by Crippen LogP contribution is 2.30. The van der Waals surface area contributed by atoms with Crippen molar-refractivity contribution in [2.24, 2.45) is 11.8 Å². The molecular weight excluding hydrogens is 403 g/mol. The Bertz CT molecular complexity index is 1090. The highest BCUT2D eigenvalue weighted by atomic mass is 19.1. The van der Waals surface area contributed by atoms with Crippen molar-refractivity contribution in [2.75, 3.05) is 13.1 Å². The van der Waals surface area contributed by atoms with E-state index in [1.165, 1.54) is 29.7 Å². The predicted molar refractivity (Wildman–Crippen MR) is 125 cm³/mol. The number of likely N-dealkylation sites (tertiary alicyclic amines) is 1. The smallest absolute Gasteiger partial charge is 0.253 e. The van der Waals surface area contributed by atoms with E-state index in [1.807, 2.05) is 23.1 Å². The first kappa shape index (κ1) is 22.0. The highest BCUT2D eigenvalue weighted by Gasteiger charge is 2.32. The summed E-state index contributed by atoms with van der Waals surface area (Å²) in [6.07, 6.45) is 2.18. The maximum Gasteiger partial charge on any atom is 0.253 e. The van der Waals surface area contributed by atoms with Gasteiger partial charge in [-0.25, -0.2) is 4.39 Å². The van der Waals surface area contributed by atoms with Gasteiger partial charge in [-0.15, -0.1) is 0 Å². The van der Waals surface area contributed by atoms with Crippen molar-refractivity contribution < 1.29 is 14.0 Å². The van der Waals surface area contributed by atoms with Gasteiger partial charge in [-0.2, -0.15) is 0 Å². The molecule has 0 spiro atoms. The zero-order valence-corrected chi connectivity index (χ0v) is 18.4. The number of nitrogens with one attached hydrogen (secondary N) is 1. The minimum Gasteiger partial charge on any atom is -0.352 e. The second-order valence-electron chi connectivity index (χ2n) is 8.59. The molecule has 4 rings (SSSR count). The Morgan fingerprint density at radius 3 is 2.53 bits per heavy atom. The van der Waals surface area contributed by atoms with Gasteiger partial charge in [0.2, 0.25) is 5.91 Å². The molecule has 3 aromatic rings. The second kappa shape index (κ2) is 9.94. The third-order valence-corrected chi connectivity index (χ3v) is 6.60. The Balaban J connectivity index is 1.33. The Hall–Kier alpha value is -3.21. The molecular formula is C27H29FN2O2. The van der Waals surface area contributed by atoms with Crippen LogP contribution in [-0.4, -0.2) is 29.8 Å². The van der Waals surface area contributed by atoms with E-state index in [9.17, 15) is 14.0 Å². The van der Waals surface area contributed by atoms with Crippen LogP contribution in [0.3, 0.4) is 0 Å². The monoisotopic (exact) mass is 432 g/mol. The first-order chi connectivity index (χ1) is 15.5. The fourth-order valence-electron chi connectivity index (χ4n) is 4.72. The molecule has 0 saturated carbocycles. The minimum absolute atomic E-state index is 0.0553. The summed E-state index contributed by atoms with van der Waals surface area (Å²) in [7, 11) is 0. The standard InChI is InChI=1S/C27H29FN2O2/c1-2-19-18-30(27(32)21-10-12-24(28)13-11-21)15-14-22(19)16-26(31)29-17-23-8-5-7-20-6-3-4-9-25(20)23/h3-13,19,22H,2,14-18H2,1H3,(H,29,31). The maximum atomic E-state index is 13.2. The van der Waals surface area contributed by atoms with E-state index in [0.29, 0.717) is 31.6 Å². The number of amides is 2. The topological polar surface area (TPSA) is 49.4 Å². The van der Waals surface area contributed by atoms with Crippen LogP contribution in [-0.2, 0) is 11.3 Å². The summed E-state index contributed by atoms with van der Waals surface area (Å²) in [6.45, 7) is 3.87. The lowest BCUT2D eigenvalue weighted by atomic mass is 9.81. The molecule has 5 heteroatoms. The Morgan fingerprint density at radius 1 is 1.00 bits per heavy atom. The van der Waals surface area contributed by atoms with Crippen molar-refractivity contribution in [1.82, 2.24) is 10.2 Å². The van der Waals surface area contributed by atoms with Crippen LogP contribution in [0.15, 0.2) is 66.7 Å². The van der Waals surface area contributed by atoms with Gasteiger partial charge in [-0.1, -0.05) is 55.8 Å². The van der Waals surface area contributed by atoms with Gasteiger partial charge in [0.25, 0.3) is 5.91 Å². The molecule has 0 radical (unpaired) electrons. The molecule has 1 aliphatic rings. The van der Waals surface area contributed by atoms with Crippen molar-refractivity contribution in [3.63, 3.8) is 0 Å². The lowest BCUT2D eigenvalue weighted by Crippen LogP contribution is -2.44. The van der Waals surface area contributed by atoms with E-state index in [4.69, 9.17) is 0 Å². The molecule has 166 valence electrons. The van der Waals surface area contributed by atoms with E-state index in [0.717, 1.165) is 23.8 Å².